The Morgan fingerprint density at radius 1 is 1.45 bits per heavy atom. The van der Waals surface area contributed by atoms with Gasteiger partial charge in [0.05, 0.1) is 6.26 Å². The van der Waals surface area contributed by atoms with Crippen molar-refractivity contribution in [1.82, 2.24) is 0 Å². The molecule has 0 aliphatic carbocycles. The first-order valence-electron chi connectivity index (χ1n) is 3.62. The predicted octanol–water partition coefficient (Wildman–Crippen LogP) is 3.60. The molecule has 0 saturated heterocycles. The molecule has 62 valence electrons. The van der Waals surface area contributed by atoms with Crippen LogP contribution in [0.1, 0.15) is 18.4 Å². The van der Waals surface area contributed by atoms with E-state index in [1.165, 1.54) is 5.56 Å². The molecule has 0 aliphatic rings. The average molecular weight is 238 g/mol. The Morgan fingerprint density at radius 3 is 2.82 bits per heavy atom. The summed E-state index contributed by atoms with van der Waals surface area (Å²) in [6, 6.07) is 1.99. The molecule has 0 aliphatic heterocycles. The lowest BCUT2D eigenvalue weighted by Crippen LogP contribution is -1.82. The molecule has 0 atom stereocenters. The van der Waals surface area contributed by atoms with Crippen LogP contribution in [0.25, 0.3) is 0 Å². The molecule has 1 aromatic rings. The van der Waals surface area contributed by atoms with Gasteiger partial charge in [-0.1, -0.05) is 0 Å². The molecule has 1 heterocycles. The molecule has 1 aromatic heterocycles. The molecule has 0 amide bonds. The van der Waals surface area contributed by atoms with E-state index in [4.69, 9.17) is 16.0 Å². The fourth-order valence-corrected chi connectivity index (χ4v) is 1.48. The van der Waals surface area contributed by atoms with E-state index in [0.29, 0.717) is 0 Å². The second kappa shape index (κ2) is 4.83. The van der Waals surface area contributed by atoms with Crippen LogP contribution in [0.15, 0.2) is 21.4 Å². The van der Waals surface area contributed by atoms with Gasteiger partial charge in [0.15, 0.2) is 4.67 Å². The number of unbranched alkanes of at least 4 members (excludes halogenated alkanes) is 1. The minimum absolute atomic E-state index is 0.749. The Bertz CT molecular complexity index is 210. The Balaban J connectivity index is 2.27. The number of furan rings is 1. The van der Waals surface area contributed by atoms with Gasteiger partial charge in [-0.25, -0.2) is 0 Å². The zero-order chi connectivity index (χ0) is 8.10. The summed E-state index contributed by atoms with van der Waals surface area (Å²) in [7, 11) is 0. The summed E-state index contributed by atoms with van der Waals surface area (Å²) >= 11 is 8.79. The van der Waals surface area contributed by atoms with Gasteiger partial charge in [0.25, 0.3) is 0 Å². The highest BCUT2D eigenvalue weighted by molar-refractivity contribution is 9.10. The molecule has 0 saturated carbocycles. The van der Waals surface area contributed by atoms with Crippen LogP contribution in [0, 0.1) is 0 Å². The lowest BCUT2D eigenvalue weighted by atomic mass is 10.2. The highest BCUT2D eigenvalue weighted by Gasteiger charge is 1.97. The number of hydrogen-bond donors (Lipinski definition) is 0. The van der Waals surface area contributed by atoms with Crippen molar-refractivity contribution in [2.24, 2.45) is 0 Å². The molecule has 0 spiro atoms. The number of halogens is 2. The van der Waals surface area contributed by atoms with Crippen LogP contribution in [0.2, 0.25) is 0 Å². The Hall–Kier alpha value is 0.0500. The summed E-state index contributed by atoms with van der Waals surface area (Å²) < 4.78 is 5.88. The summed E-state index contributed by atoms with van der Waals surface area (Å²) in [6.07, 6.45) is 5.04. The summed E-state index contributed by atoms with van der Waals surface area (Å²) in [5.41, 5.74) is 1.24. The van der Waals surface area contributed by atoms with Gasteiger partial charge in [-0.3, -0.25) is 0 Å². The van der Waals surface area contributed by atoms with Gasteiger partial charge in [-0.05, 0) is 46.8 Å². The number of rotatable bonds is 4. The molecule has 1 rings (SSSR count). The molecule has 0 radical (unpaired) electrons. The second-order valence-electron chi connectivity index (χ2n) is 2.41. The van der Waals surface area contributed by atoms with Gasteiger partial charge < -0.3 is 4.42 Å². The van der Waals surface area contributed by atoms with Crippen molar-refractivity contribution < 1.29 is 4.42 Å². The van der Waals surface area contributed by atoms with E-state index in [-0.39, 0.29) is 0 Å². The van der Waals surface area contributed by atoms with Crippen molar-refractivity contribution in [3.63, 3.8) is 0 Å². The molecule has 0 aromatic carbocycles. The quantitative estimate of drug-likeness (QED) is 0.576. The molecule has 3 heteroatoms. The topological polar surface area (TPSA) is 13.1 Å². The van der Waals surface area contributed by atoms with Crippen molar-refractivity contribution in [3.8, 4) is 0 Å². The van der Waals surface area contributed by atoms with E-state index < -0.39 is 0 Å². The van der Waals surface area contributed by atoms with E-state index in [2.05, 4.69) is 15.9 Å². The van der Waals surface area contributed by atoms with Crippen molar-refractivity contribution in [2.75, 3.05) is 5.88 Å². The fraction of sp³-hybridized carbons (Fsp3) is 0.500. The lowest BCUT2D eigenvalue weighted by Gasteiger charge is -1.92. The maximum absolute atomic E-state index is 5.54. The van der Waals surface area contributed by atoms with Gasteiger partial charge in [-0.2, -0.15) is 0 Å². The summed E-state index contributed by atoms with van der Waals surface area (Å²) in [4.78, 5) is 0. The van der Waals surface area contributed by atoms with Crippen LogP contribution in [0.3, 0.4) is 0 Å². The highest BCUT2D eigenvalue weighted by atomic mass is 79.9. The Labute approximate surface area is 79.9 Å². The molecule has 0 unspecified atom stereocenters. The van der Waals surface area contributed by atoms with Crippen LogP contribution in [0.4, 0.5) is 0 Å². The first kappa shape index (κ1) is 9.14. The van der Waals surface area contributed by atoms with Gasteiger partial charge in [-0.15, -0.1) is 11.6 Å². The smallest absolute Gasteiger partial charge is 0.169 e. The van der Waals surface area contributed by atoms with Crippen molar-refractivity contribution >= 4 is 27.5 Å². The maximum atomic E-state index is 5.54. The number of aryl methyl sites for hydroxylation is 1. The molecular formula is C8H10BrClO. The van der Waals surface area contributed by atoms with Gasteiger partial charge in [0, 0.05) is 5.88 Å². The zero-order valence-electron chi connectivity index (χ0n) is 6.15. The largest absolute Gasteiger partial charge is 0.457 e. The monoisotopic (exact) mass is 236 g/mol. The first-order chi connectivity index (χ1) is 5.33. The molecular weight excluding hydrogens is 227 g/mol. The summed E-state index contributed by atoms with van der Waals surface area (Å²) in [5, 5.41) is 0. The first-order valence-corrected chi connectivity index (χ1v) is 4.94. The minimum Gasteiger partial charge on any atom is -0.457 e. The van der Waals surface area contributed by atoms with Crippen LogP contribution >= 0.6 is 27.5 Å². The Kier molecular flexibility index (Phi) is 4.02. The van der Waals surface area contributed by atoms with Crippen molar-refractivity contribution in [3.05, 3.63) is 22.6 Å². The summed E-state index contributed by atoms with van der Waals surface area (Å²) in [5.74, 6) is 0.749. The third-order valence-electron chi connectivity index (χ3n) is 1.47. The average Bonchev–Trinajstić information content (AvgIpc) is 2.37. The SMILES string of the molecule is ClCCCCc1coc(Br)c1. The van der Waals surface area contributed by atoms with Crippen molar-refractivity contribution in [1.29, 1.82) is 0 Å². The molecule has 0 bridgehead atoms. The van der Waals surface area contributed by atoms with E-state index in [9.17, 15) is 0 Å². The maximum Gasteiger partial charge on any atom is 0.169 e. The van der Waals surface area contributed by atoms with Crippen LogP contribution in [-0.4, -0.2) is 5.88 Å². The predicted molar refractivity (Wildman–Crippen MR) is 50.1 cm³/mol. The minimum atomic E-state index is 0.749. The second-order valence-corrected chi connectivity index (χ2v) is 3.56. The van der Waals surface area contributed by atoms with E-state index >= 15 is 0 Å². The van der Waals surface area contributed by atoms with Gasteiger partial charge in [0.2, 0.25) is 0 Å². The highest BCUT2D eigenvalue weighted by Crippen LogP contribution is 2.15. The molecule has 1 nitrogen and oxygen atoms in total. The van der Waals surface area contributed by atoms with Gasteiger partial charge in [0.1, 0.15) is 0 Å². The van der Waals surface area contributed by atoms with Crippen molar-refractivity contribution in [2.45, 2.75) is 19.3 Å². The lowest BCUT2D eigenvalue weighted by molar-refractivity contribution is 0.538. The van der Waals surface area contributed by atoms with Crippen LogP contribution in [-0.2, 0) is 6.42 Å². The van der Waals surface area contributed by atoms with Gasteiger partial charge >= 0.3 is 0 Å². The molecule has 0 N–H and O–H groups in total. The van der Waals surface area contributed by atoms with Crippen LogP contribution in [0.5, 0.6) is 0 Å². The van der Waals surface area contributed by atoms with Crippen LogP contribution < -0.4 is 0 Å². The molecule has 11 heavy (non-hydrogen) atoms. The number of hydrogen-bond acceptors (Lipinski definition) is 1. The summed E-state index contributed by atoms with van der Waals surface area (Å²) in [6.45, 7) is 0. The normalized spacial score (nSPS) is 10.4. The third kappa shape index (κ3) is 3.30. The van der Waals surface area contributed by atoms with E-state index in [0.717, 1.165) is 29.8 Å². The zero-order valence-corrected chi connectivity index (χ0v) is 8.49. The number of alkyl halides is 1. The third-order valence-corrected chi connectivity index (χ3v) is 2.15. The standard InChI is InChI=1S/C8H10BrClO/c9-8-5-7(6-11-8)3-1-2-4-10/h5-6H,1-4H2. The molecule has 0 fully saturated rings. The van der Waals surface area contributed by atoms with E-state index in [1.54, 1.807) is 6.26 Å². The van der Waals surface area contributed by atoms with E-state index in [1.807, 2.05) is 6.07 Å². The fourth-order valence-electron chi connectivity index (χ4n) is 0.900. The Morgan fingerprint density at radius 2 is 2.27 bits per heavy atom.